The van der Waals surface area contributed by atoms with E-state index in [2.05, 4.69) is 47.0 Å². The van der Waals surface area contributed by atoms with Gasteiger partial charge in [-0.1, -0.05) is 22.0 Å². The number of hydrogen-bond acceptors (Lipinski definition) is 6. The summed E-state index contributed by atoms with van der Waals surface area (Å²) in [5, 5.41) is 22.1. The third-order valence-corrected chi connectivity index (χ3v) is 4.08. The van der Waals surface area contributed by atoms with E-state index in [-0.39, 0.29) is 12.5 Å². The summed E-state index contributed by atoms with van der Waals surface area (Å²) in [6.07, 6.45) is 3.29. The van der Waals surface area contributed by atoms with E-state index in [0.717, 1.165) is 10.1 Å². The topological polar surface area (TPSA) is 103 Å². The van der Waals surface area contributed by atoms with Crippen LogP contribution >= 0.6 is 15.9 Å². The summed E-state index contributed by atoms with van der Waals surface area (Å²) in [4.78, 5) is 12.7. The average molecular weight is 399 g/mol. The number of nitrogens with one attached hydrogen (secondary N) is 1. The van der Waals surface area contributed by atoms with E-state index in [1.54, 1.807) is 12.1 Å². The molecule has 0 saturated heterocycles. The van der Waals surface area contributed by atoms with Gasteiger partial charge in [0.05, 0.1) is 17.8 Å². The van der Waals surface area contributed by atoms with E-state index >= 15 is 0 Å². The third kappa shape index (κ3) is 2.98. The maximum Gasteiger partial charge on any atom is 0.253 e. The summed E-state index contributed by atoms with van der Waals surface area (Å²) in [6, 6.07) is 10.9. The number of carbonyl (C=O) groups is 1. The summed E-state index contributed by atoms with van der Waals surface area (Å²) in [5.74, 6) is 0.377. The van der Waals surface area contributed by atoms with Crippen molar-refractivity contribution in [3.63, 3.8) is 0 Å². The van der Waals surface area contributed by atoms with Gasteiger partial charge in [0.25, 0.3) is 5.91 Å². The van der Waals surface area contributed by atoms with Crippen molar-refractivity contribution in [1.82, 2.24) is 40.1 Å². The first kappa shape index (κ1) is 15.4. The van der Waals surface area contributed by atoms with E-state index in [0.29, 0.717) is 17.1 Å². The van der Waals surface area contributed by atoms with Gasteiger partial charge in [0.15, 0.2) is 11.5 Å². The van der Waals surface area contributed by atoms with Gasteiger partial charge in [-0.15, -0.1) is 15.3 Å². The number of nitrogens with zero attached hydrogens (tertiary/aromatic N) is 7. The molecule has 0 aliphatic heterocycles. The molecule has 0 saturated carbocycles. The highest BCUT2D eigenvalue weighted by atomic mass is 79.9. The fourth-order valence-electron chi connectivity index (χ4n) is 2.43. The number of amides is 1. The minimum Gasteiger partial charge on any atom is -0.345 e. The first-order valence-corrected chi connectivity index (χ1v) is 8.11. The van der Waals surface area contributed by atoms with Crippen molar-refractivity contribution in [2.24, 2.45) is 0 Å². The maximum absolute atomic E-state index is 12.7. The van der Waals surface area contributed by atoms with Crippen molar-refractivity contribution in [1.29, 1.82) is 0 Å². The highest BCUT2D eigenvalue weighted by molar-refractivity contribution is 9.10. The molecule has 1 aromatic carbocycles. The molecule has 3 aromatic heterocycles. The summed E-state index contributed by atoms with van der Waals surface area (Å²) < 4.78 is 4.04. The number of aromatic nitrogens is 7. The molecule has 25 heavy (non-hydrogen) atoms. The molecule has 4 aromatic rings. The molecule has 0 fully saturated rings. The van der Waals surface area contributed by atoms with Crippen LogP contribution < -0.4 is 5.32 Å². The molecule has 1 N–H and O–H groups in total. The molecule has 0 unspecified atom stereocenters. The highest BCUT2D eigenvalue weighted by Gasteiger charge is 2.15. The van der Waals surface area contributed by atoms with Crippen molar-refractivity contribution in [3.8, 4) is 5.69 Å². The molecule has 0 aliphatic carbocycles. The largest absolute Gasteiger partial charge is 0.345 e. The van der Waals surface area contributed by atoms with Crippen LogP contribution in [0.25, 0.3) is 11.3 Å². The van der Waals surface area contributed by atoms with Crippen molar-refractivity contribution in [3.05, 3.63) is 64.8 Å². The Morgan fingerprint density at radius 2 is 2.12 bits per heavy atom. The number of carbonyl (C=O) groups excluding carboxylic acids is 1. The third-order valence-electron chi connectivity index (χ3n) is 3.59. The molecule has 10 heteroatoms. The van der Waals surface area contributed by atoms with Crippen LogP contribution in [0, 0.1) is 0 Å². The van der Waals surface area contributed by atoms with Crippen LogP contribution in [-0.2, 0) is 6.54 Å². The second-order valence-electron chi connectivity index (χ2n) is 5.14. The molecule has 0 radical (unpaired) electrons. The Hall–Kier alpha value is -3.14. The molecule has 4 rings (SSSR count). The molecule has 0 bridgehead atoms. The Morgan fingerprint density at radius 1 is 1.20 bits per heavy atom. The van der Waals surface area contributed by atoms with Crippen LogP contribution in [0.5, 0.6) is 0 Å². The zero-order valence-electron chi connectivity index (χ0n) is 12.7. The van der Waals surface area contributed by atoms with E-state index in [1.807, 2.05) is 34.9 Å². The lowest BCUT2D eigenvalue weighted by Gasteiger charge is -2.09. The first-order chi connectivity index (χ1) is 12.2. The molecule has 0 spiro atoms. The van der Waals surface area contributed by atoms with Crippen LogP contribution in [0.15, 0.2) is 53.4 Å². The first-order valence-electron chi connectivity index (χ1n) is 7.32. The number of halogens is 1. The Kier molecular flexibility index (Phi) is 3.94. The number of pyridine rings is 1. The Balaban J connectivity index is 1.60. The maximum atomic E-state index is 12.7. The second-order valence-corrected chi connectivity index (χ2v) is 6.06. The Bertz CT molecular complexity index is 1040. The van der Waals surface area contributed by atoms with Gasteiger partial charge < -0.3 is 5.32 Å². The minimum atomic E-state index is -0.264. The van der Waals surface area contributed by atoms with Gasteiger partial charge in [0, 0.05) is 10.7 Å². The van der Waals surface area contributed by atoms with Crippen LogP contribution in [-0.4, -0.2) is 40.7 Å². The number of rotatable bonds is 4. The van der Waals surface area contributed by atoms with E-state index in [4.69, 9.17) is 0 Å². The smallest absolute Gasteiger partial charge is 0.253 e. The quantitative estimate of drug-likeness (QED) is 0.557. The zero-order chi connectivity index (χ0) is 17.2. The second kappa shape index (κ2) is 6.40. The summed E-state index contributed by atoms with van der Waals surface area (Å²) in [5.41, 5.74) is 1.75. The lowest BCUT2D eigenvalue weighted by Crippen LogP contribution is -2.25. The van der Waals surface area contributed by atoms with E-state index in [1.165, 1.54) is 11.0 Å². The molecule has 0 atom stereocenters. The van der Waals surface area contributed by atoms with Gasteiger partial charge in [0.2, 0.25) is 0 Å². The standard InChI is InChI=1S/C15H11BrN8O/c16-10-4-5-12(24-9-18-21-22-24)11(7-10)15(25)17-8-14-20-19-13-3-1-2-6-23(13)14/h1-7,9H,8H2,(H,17,25). The lowest BCUT2D eigenvalue weighted by atomic mass is 10.1. The predicted molar refractivity (Wildman–Crippen MR) is 91.0 cm³/mol. The SMILES string of the molecule is O=C(NCc1nnc2ccccn12)c1cc(Br)ccc1-n1cnnn1. The Morgan fingerprint density at radius 3 is 2.96 bits per heavy atom. The average Bonchev–Trinajstić information content (AvgIpc) is 3.29. The fourth-order valence-corrected chi connectivity index (χ4v) is 2.79. The van der Waals surface area contributed by atoms with Crippen molar-refractivity contribution in [2.75, 3.05) is 0 Å². The molecule has 3 heterocycles. The number of tetrazole rings is 1. The zero-order valence-corrected chi connectivity index (χ0v) is 14.3. The molecule has 1 amide bonds. The van der Waals surface area contributed by atoms with Gasteiger partial charge in [-0.2, -0.15) is 4.68 Å². The van der Waals surface area contributed by atoms with Crippen LogP contribution in [0.4, 0.5) is 0 Å². The molecular formula is C15H11BrN8O. The highest BCUT2D eigenvalue weighted by Crippen LogP contribution is 2.19. The van der Waals surface area contributed by atoms with E-state index in [9.17, 15) is 4.79 Å². The lowest BCUT2D eigenvalue weighted by molar-refractivity contribution is 0.0949. The predicted octanol–water partition coefficient (Wildman–Crippen LogP) is 1.40. The van der Waals surface area contributed by atoms with Crippen LogP contribution in [0.3, 0.4) is 0 Å². The Labute approximate surface area is 149 Å². The monoisotopic (exact) mass is 398 g/mol. The minimum absolute atomic E-state index is 0.242. The number of benzene rings is 1. The van der Waals surface area contributed by atoms with Crippen molar-refractivity contribution in [2.45, 2.75) is 6.54 Å². The van der Waals surface area contributed by atoms with Gasteiger partial charge in [-0.3, -0.25) is 9.20 Å². The molecule has 0 aliphatic rings. The van der Waals surface area contributed by atoms with Crippen LogP contribution in [0.2, 0.25) is 0 Å². The summed E-state index contributed by atoms with van der Waals surface area (Å²) in [6.45, 7) is 0.242. The molecule has 9 nitrogen and oxygen atoms in total. The summed E-state index contributed by atoms with van der Waals surface area (Å²) >= 11 is 3.38. The molecular weight excluding hydrogens is 388 g/mol. The van der Waals surface area contributed by atoms with Crippen molar-refractivity contribution < 1.29 is 4.79 Å². The van der Waals surface area contributed by atoms with Gasteiger partial charge in [-0.25, -0.2) is 0 Å². The van der Waals surface area contributed by atoms with Gasteiger partial charge >= 0.3 is 0 Å². The number of fused-ring (bicyclic) bond motifs is 1. The number of hydrogen-bond donors (Lipinski definition) is 1. The summed E-state index contributed by atoms with van der Waals surface area (Å²) in [7, 11) is 0. The van der Waals surface area contributed by atoms with Gasteiger partial charge in [0.1, 0.15) is 6.33 Å². The van der Waals surface area contributed by atoms with Crippen LogP contribution in [0.1, 0.15) is 16.2 Å². The van der Waals surface area contributed by atoms with E-state index < -0.39 is 0 Å². The van der Waals surface area contributed by atoms with Crippen molar-refractivity contribution >= 4 is 27.5 Å². The van der Waals surface area contributed by atoms with Gasteiger partial charge in [-0.05, 0) is 40.8 Å². The molecule has 124 valence electrons. The normalized spacial score (nSPS) is 10.9. The fraction of sp³-hybridized carbons (Fsp3) is 0.0667.